The second-order valence-electron chi connectivity index (χ2n) is 3.41. The molecule has 5 nitrogen and oxygen atoms in total. The normalized spacial score (nSPS) is 10.6. The highest BCUT2D eigenvalue weighted by Gasteiger charge is 2.15. The largest absolute Gasteiger partial charge is 0.477 e. The highest BCUT2D eigenvalue weighted by Crippen LogP contribution is 2.24. The van der Waals surface area contributed by atoms with Gasteiger partial charge in [0.25, 0.3) is 0 Å². The van der Waals surface area contributed by atoms with Gasteiger partial charge in [0.05, 0.1) is 18.0 Å². The third-order valence-corrected chi connectivity index (χ3v) is 3.17. The van der Waals surface area contributed by atoms with E-state index in [2.05, 4.69) is 5.10 Å². The second-order valence-corrected chi connectivity index (χ2v) is 4.36. The smallest absolute Gasteiger partial charge is 0.354 e. The summed E-state index contributed by atoms with van der Waals surface area (Å²) in [5.74, 6) is -0.976. The molecule has 6 heteroatoms. The summed E-state index contributed by atoms with van der Waals surface area (Å²) < 4.78 is 6.39. The van der Waals surface area contributed by atoms with E-state index in [0.717, 1.165) is 4.88 Å². The second kappa shape index (κ2) is 5.11. The molecule has 90 valence electrons. The van der Waals surface area contributed by atoms with Gasteiger partial charge in [0, 0.05) is 7.11 Å². The van der Waals surface area contributed by atoms with Crippen LogP contribution in [-0.4, -0.2) is 34.6 Å². The molecule has 0 saturated heterocycles. The molecule has 0 radical (unpaired) electrons. The highest BCUT2D eigenvalue weighted by atomic mass is 32.1. The van der Waals surface area contributed by atoms with Crippen LogP contribution in [0.4, 0.5) is 0 Å². The molecule has 0 bridgehead atoms. The molecule has 1 N–H and O–H groups in total. The van der Waals surface area contributed by atoms with Crippen molar-refractivity contribution in [1.82, 2.24) is 9.78 Å². The number of hydrogen-bond acceptors (Lipinski definition) is 4. The lowest BCUT2D eigenvalue weighted by Gasteiger charge is -2.02. The number of aromatic carboxylic acids is 1. The van der Waals surface area contributed by atoms with E-state index in [4.69, 9.17) is 9.84 Å². The standard InChI is InChI=1S/C11H12N2O3S/c1-16-5-4-13-9(11(14)15)7-8(12-13)10-3-2-6-17-10/h2-3,6-7H,4-5H2,1H3,(H,14,15). The third kappa shape index (κ3) is 2.54. The number of carboxylic acids is 1. The lowest BCUT2D eigenvalue weighted by molar-refractivity contribution is 0.0680. The van der Waals surface area contributed by atoms with Gasteiger partial charge in [-0.05, 0) is 17.5 Å². The molecule has 0 spiro atoms. The maximum atomic E-state index is 11.1. The molecule has 0 aliphatic carbocycles. The number of ether oxygens (including phenoxy) is 1. The van der Waals surface area contributed by atoms with Crippen LogP contribution < -0.4 is 0 Å². The lowest BCUT2D eigenvalue weighted by Crippen LogP contribution is -2.13. The first-order chi connectivity index (χ1) is 8.22. The molecule has 0 aromatic carbocycles. The van der Waals surface area contributed by atoms with Crippen molar-refractivity contribution >= 4 is 17.3 Å². The Morgan fingerprint density at radius 3 is 3.06 bits per heavy atom. The van der Waals surface area contributed by atoms with E-state index >= 15 is 0 Å². The zero-order chi connectivity index (χ0) is 12.3. The number of rotatable bonds is 5. The molecule has 0 aliphatic rings. The van der Waals surface area contributed by atoms with Gasteiger partial charge in [-0.15, -0.1) is 11.3 Å². The molecule has 17 heavy (non-hydrogen) atoms. The molecular weight excluding hydrogens is 240 g/mol. The topological polar surface area (TPSA) is 64.4 Å². The minimum Gasteiger partial charge on any atom is -0.477 e. The van der Waals surface area contributed by atoms with Crippen LogP contribution >= 0.6 is 11.3 Å². The first-order valence-corrected chi connectivity index (χ1v) is 5.94. The van der Waals surface area contributed by atoms with Gasteiger partial charge in [-0.3, -0.25) is 4.68 Å². The van der Waals surface area contributed by atoms with Crippen LogP contribution in [0.3, 0.4) is 0 Å². The minimum absolute atomic E-state index is 0.186. The zero-order valence-electron chi connectivity index (χ0n) is 9.29. The average Bonchev–Trinajstić information content (AvgIpc) is 2.94. The maximum absolute atomic E-state index is 11.1. The Balaban J connectivity index is 2.34. The monoisotopic (exact) mass is 252 g/mol. The van der Waals surface area contributed by atoms with Crippen molar-refractivity contribution in [1.29, 1.82) is 0 Å². The average molecular weight is 252 g/mol. The summed E-state index contributed by atoms with van der Waals surface area (Å²) in [4.78, 5) is 12.0. The Morgan fingerprint density at radius 2 is 2.47 bits per heavy atom. The molecule has 0 atom stereocenters. The highest BCUT2D eigenvalue weighted by molar-refractivity contribution is 7.13. The molecule has 2 aromatic rings. The van der Waals surface area contributed by atoms with Gasteiger partial charge in [0.1, 0.15) is 11.4 Å². The van der Waals surface area contributed by atoms with Gasteiger partial charge in [-0.1, -0.05) is 6.07 Å². The summed E-state index contributed by atoms with van der Waals surface area (Å²) in [6.45, 7) is 0.870. The van der Waals surface area contributed by atoms with Crippen LogP contribution in [0.1, 0.15) is 10.5 Å². The fourth-order valence-electron chi connectivity index (χ4n) is 1.48. The predicted molar refractivity (Wildman–Crippen MR) is 64.4 cm³/mol. The predicted octanol–water partition coefficient (Wildman–Crippen LogP) is 1.96. The van der Waals surface area contributed by atoms with Crippen molar-refractivity contribution < 1.29 is 14.6 Å². The number of carbonyl (C=O) groups is 1. The van der Waals surface area contributed by atoms with Gasteiger partial charge in [0.15, 0.2) is 0 Å². The number of aromatic nitrogens is 2. The summed E-state index contributed by atoms with van der Waals surface area (Å²) in [6, 6.07) is 5.41. The van der Waals surface area contributed by atoms with Gasteiger partial charge in [-0.2, -0.15) is 5.10 Å². The molecule has 2 rings (SSSR count). The van der Waals surface area contributed by atoms with Gasteiger partial charge >= 0.3 is 5.97 Å². The van der Waals surface area contributed by atoms with E-state index < -0.39 is 5.97 Å². The van der Waals surface area contributed by atoms with Crippen LogP contribution in [-0.2, 0) is 11.3 Å². The van der Waals surface area contributed by atoms with Gasteiger partial charge in [0.2, 0.25) is 0 Å². The fraction of sp³-hybridized carbons (Fsp3) is 0.273. The molecule has 0 fully saturated rings. The Labute approximate surface area is 102 Å². The Hall–Kier alpha value is -1.66. The van der Waals surface area contributed by atoms with E-state index in [9.17, 15) is 4.79 Å². The van der Waals surface area contributed by atoms with Crippen molar-refractivity contribution in [3.05, 3.63) is 29.3 Å². The number of thiophene rings is 1. The van der Waals surface area contributed by atoms with E-state index in [1.165, 1.54) is 16.0 Å². The number of carboxylic acid groups (broad SMARTS) is 1. The van der Waals surface area contributed by atoms with E-state index in [1.807, 2.05) is 17.5 Å². The number of hydrogen-bond donors (Lipinski definition) is 1. The molecular formula is C11H12N2O3S. The molecule has 0 amide bonds. The lowest BCUT2D eigenvalue weighted by atomic mass is 10.3. The fourth-order valence-corrected chi connectivity index (χ4v) is 2.16. The zero-order valence-corrected chi connectivity index (χ0v) is 10.1. The first-order valence-electron chi connectivity index (χ1n) is 5.06. The summed E-state index contributed by atoms with van der Waals surface area (Å²) in [5.41, 5.74) is 0.874. The summed E-state index contributed by atoms with van der Waals surface area (Å²) >= 11 is 1.53. The van der Waals surface area contributed by atoms with E-state index in [1.54, 1.807) is 13.2 Å². The molecule has 0 unspecified atom stereocenters. The molecule has 0 aliphatic heterocycles. The number of methoxy groups -OCH3 is 1. The Kier molecular flexibility index (Phi) is 3.55. The van der Waals surface area contributed by atoms with Crippen LogP contribution in [0.5, 0.6) is 0 Å². The maximum Gasteiger partial charge on any atom is 0.354 e. The van der Waals surface area contributed by atoms with Crippen molar-refractivity contribution in [2.75, 3.05) is 13.7 Å². The molecule has 0 saturated carbocycles. The van der Waals surface area contributed by atoms with Crippen LogP contribution in [0.15, 0.2) is 23.6 Å². The van der Waals surface area contributed by atoms with E-state index in [-0.39, 0.29) is 5.69 Å². The molecule has 2 heterocycles. The molecule has 2 aromatic heterocycles. The van der Waals surface area contributed by atoms with Crippen molar-refractivity contribution in [3.63, 3.8) is 0 Å². The third-order valence-electron chi connectivity index (χ3n) is 2.28. The van der Waals surface area contributed by atoms with Gasteiger partial charge in [-0.25, -0.2) is 4.79 Å². The van der Waals surface area contributed by atoms with Crippen molar-refractivity contribution in [2.24, 2.45) is 0 Å². The van der Waals surface area contributed by atoms with Gasteiger partial charge < -0.3 is 9.84 Å². The Morgan fingerprint density at radius 1 is 1.65 bits per heavy atom. The Bertz CT molecular complexity index is 505. The van der Waals surface area contributed by atoms with Crippen molar-refractivity contribution in [3.8, 4) is 10.6 Å². The summed E-state index contributed by atoms with van der Waals surface area (Å²) in [6.07, 6.45) is 0. The van der Waals surface area contributed by atoms with Crippen LogP contribution in [0, 0.1) is 0 Å². The van der Waals surface area contributed by atoms with E-state index in [0.29, 0.717) is 18.8 Å². The van der Waals surface area contributed by atoms with Crippen molar-refractivity contribution in [2.45, 2.75) is 6.54 Å². The minimum atomic E-state index is -0.976. The van der Waals surface area contributed by atoms with Crippen LogP contribution in [0.2, 0.25) is 0 Å². The SMILES string of the molecule is COCCn1nc(-c2cccs2)cc1C(=O)O. The first kappa shape index (κ1) is 11.8. The number of nitrogens with zero attached hydrogens (tertiary/aromatic N) is 2. The summed E-state index contributed by atoms with van der Waals surface area (Å²) in [7, 11) is 1.57. The van der Waals surface area contributed by atoms with Crippen LogP contribution in [0.25, 0.3) is 10.6 Å². The quantitative estimate of drug-likeness (QED) is 0.883. The summed E-state index contributed by atoms with van der Waals surface area (Å²) in [5, 5.41) is 15.3.